The first kappa shape index (κ1) is 16.0. The van der Waals surface area contributed by atoms with Crippen molar-refractivity contribution in [2.45, 2.75) is 26.4 Å². The molecule has 5 nitrogen and oxygen atoms in total. The summed E-state index contributed by atoms with van der Waals surface area (Å²) in [5.41, 5.74) is 6.12. The lowest BCUT2D eigenvalue weighted by atomic mass is 10.0. The van der Waals surface area contributed by atoms with E-state index in [-0.39, 0.29) is 5.97 Å². The van der Waals surface area contributed by atoms with E-state index < -0.39 is 0 Å². The number of carbonyl (C=O) groups excluding carboxylic acids is 1. The van der Waals surface area contributed by atoms with Crippen LogP contribution in [0.4, 0.5) is 0 Å². The zero-order valence-electron chi connectivity index (χ0n) is 14.3. The van der Waals surface area contributed by atoms with Crippen molar-refractivity contribution in [3.63, 3.8) is 0 Å². The van der Waals surface area contributed by atoms with Gasteiger partial charge < -0.3 is 14.0 Å². The molecule has 3 rings (SSSR count). The highest BCUT2D eigenvalue weighted by molar-refractivity contribution is 5.90. The van der Waals surface area contributed by atoms with Crippen molar-refractivity contribution < 1.29 is 14.3 Å². The molecule has 0 saturated heterocycles. The average Bonchev–Trinajstić information content (AvgIpc) is 3.05. The van der Waals surface area contributed by atoms with Crippen LogP contribution >= 0.6 is 0 Å². The number of aryl methyl sites for hydroxylation is 1. The van der Waals surface area contributed by atoms with Crippen molar-refractivity contribution in [1.82, 2.24) is 9.47 Å². The molecule has 0 amide bonds. The van der Waals surface area contributed by atoms with E-state index in [1.54, 1.807) is 7.11 Å². The number of methoxy groups -OCH3 is 2. The Kier molecular flexibility index (Phi) is 4.41. The number of ether oxygens (including phenoxy) is 2. The Morgan fingerprint density at radius 1 is 1.22 bits per heavy atom. The molecule has 0 fully saturated rings. The van der Waals surface area contributed by atoms with Crippen molar-refractivity contribution in [1.29, 1.82) is 0 Å². The average molecular weight is 316 g/mol. The van der Waals surface area contributed by atoms with Crippen LogP contribution in [-0.4, -0.2) is 42.8 Å². The Morgan fingerprint density at radius 3 is 2.57 bits per heavy atom. The van der Waals surface area contributed by atoms with Gasteiger partial charge in [-0.25, -0.2) is 0 Å². The Balaban J connectivity index is 1.98. The van der Waals surface area contributed by atoms with Gasteiger partial charge in [0, 0.05) is 50.4 Å². The lowest BCUT2D eigenvalue weighted by Gasteiger charge is -2.13. The van der Waals surface area contributed by atoms with Crippen LogP contribution in [0.25, 0.3) is 10.9 Å². The third-order valence-electron chi connectivity index (χ3n) is 4.89. The number of rotatable bonds is 5. The molecule has 0 aliphatic carbocycles. The van der Waals surface area contributed by atoms with Crippen LogP contribution in [0.2, 0.25) is 0 Å². The zero-order chi connectivity index (χ0) is 16.6. The summed E-state index contributed by atoms with van der Waals surface area (Å²) in [4.78, 5) is 14.1. The lowest BCUT2D eigenvalue weighted by Crippen LogP contribution is -2.21. The van der Waals surface area contributed by atoms with Crippen LogP contribution in [0.15, 0.2) is 12.1 Å². The van der Waals surface area contributed by atoms with Crippen LogP contribution in [0.5, 0.6) is 0 Å². The number of aromatic nitrogens is 1. The molecule has 0 N–H and O–H groups in total. The van der Waals surface area contributed by atoms with Crippen molar-refractivity contribution in [2.24, 2.45) is 7.05 Å². The van der Waals surface area contributed by atoms with E-state index in [4.69, 9.17) is 9.47 Å². The monoisotopic (exact) mass is 316 g/mol. The fraction of sp³-hybridized carbons (Fsp3) is 0.500. The summed E-state index contributed by atoms with van der Waals surface area (Å²) in [5, 5.41) is 1.17. The molecule has 0 unspecified atom stereocenters. The molecule has 0 radical (unpaired) electrons. The van der Waals surface area contributed by atoms with Crippen LogP contribution in [0, 0.1) is 6.92 Å². The summed E-state index contributed by atoms with van der Waals surface area (Å²) in [6, 6.07) is 4.52. The molecule has 1 aromatic carbocycles. The van der Waals surface area contributed by atoms with Gasteiger partial charge in [0.15, 0.2) is 0 Å². The van der Waals surface area contributed by atoms with Gasteiger partial charge in [-0.3, -0.25) is 9.69 Å². The maximum atomic E-state index is 11.7. The predicted octanol–water partition coefficient (Wildman–Crippen LogP) is 2.16. The fourth-order valence-electron chi connectivity index (χ4n) is 3.42. The van der Waals surface area contributed by atoms with Crippen molar-refractivity contribution in [3.05, 3.63) is 34.5 Å². The van der Waals surface area contributed by atoms with E-state index in [0.29, 0.717) is 6.42 Å². The molecule has 0 saturated carbocycles. The number of nitrogens with zero attached hydrogens (tertiary/aromatic N) is 2. The summed E-state index contributed by atoms with van der Waals surface area (Å²) >= 11 is 0. The van der Waals surface area contributed by atoms with E-state index >= 15 is 0 Å². The van der Waals surface area contributed by atoms with Crippen molar-refractivity contribution in [2.75, 3.05) is 27.4 Å². The van der Waals surface area contributed by atoms with Crippen molar-refractivity contribution in [3.8, 4) is 0 Å². The van der Waals surface area contributed by atoms with Gasteiger partial charge in [-0.05, 0) is 35.7 Å². The zero-order valence-corrected chi connectivity index (χ0v) is 14.3. The molecule has 1 aliphatic rings. The predicted molar refractivity (Wildman–Crippen MR) is 89.4 cm³/mol. The maximum absolute atomic E-state index is 11.7. The van der Waals surface area contributed by atoms with Gasteiger partial charge in [0.05, 0.1) is 20.1 Å². The molecule has 124 valence electrons. The minimum Gasteiger partial charge on any atom is -0.469 e. The normalized spacial score (nSPS) is 14.4. The van der Waals surface area contributed by atoms with Gasteiger partial charge in [0.2, 0.25) is 0 Å². The molecule has 1 aliphatic heterocycles. The van der Waals surface area contributed by atoms with Crippen molar-refractivity contribution >= 4 is 16.9 Å². The second kappa shape index (κ2) is 6.34. The first-order valence-corrected chi connectivity index (χ1v) is 7.93. The number of hydrogen-bond acceptors (Lipinski definition) is 4. The molecule has 0 atom stereocenters. The third-order valence-corrected chi connectivity index (χ3v) is 4.89. The largest absolute Gasteiger partial charge is 0.469 e. The van der Waals surface area contributed by atoms with E-state index in [1.165, 1.54) is 29.1 Å². The highest BCUT2D eigenvalue weighted by atomic mass is 16.5. The first-order valence-electron chi connectivity index (χ1n) is 7.93. The quantitative estimate of drug-likeness (QED) is 0.793. The van der Waals surface area contributed by atoms with Crippen LogP contribution < -0.4 is 0 Å². The van der Waals surface area contributed by atoms with Crippen LogP contribution in [0.1, 0.15) is 22.4 Å². The van der Waals surface area contributed by atoms with Gasteiger partial charge >= 0.3 is 5.97 Å². The highest BCUT2D eigenvalue weighted by Gasteiger charge is 2.22. The highest BCUT2D eigenvalue weighted by Crippen LogP contribution is 2.32. The minimum atomic E-state index is -0.192. The second-order valence-corrected chi connectivity index (χ2v) is 6.22. The number of esters is 1. The summed E-state index contributed by atoms with van der Waals surface area (Å²) in [6.07, 6.45) is 0.325. The molecule has 2 aromatic rings. The number of hydrogen-bond donors (Lipinski definition) is 0. The summed E-state index contributed by atoms with van der Waals surface area (Å²) in [7, 11) is 5.23. The Morgan fingerprint density at radius 2 is 1.91 bits per heavy atom. The molecule has 0 spiro atoms. The SMILES string of the molecule is COCCN1Cc2cc3c(CC(=O)OC)c(C)n(C)c3cc2C1. The molecule has 0 bridgehead atoms. The standard InChI is InChI=1S/C18H24N2O3/c1-12-15(9-18(21)23-4)16-7-13-10-20(5-6-22-3)11-14(13)8-17(16)19(12)2/h7-8H,5-6,9-11H2,1-4H3. The van der Waals surface area contributed by atoms with Crippen LogP contribution in [0.3, 0.4) is 0 Å². The Hall–Kier alpha value is -1.85. The molecular formula is C18H24N2O3. The topological polar surface area (TPSA) is 43.7 Å². The van der Waals surface area contributed by atoms with Gasteiger partial charge in [-0.15, -0.1) is 0 Å². The third kappa shape index (κ3) is 2.86. The fourth-order valence-corrected chi connectivity index (χ4v) is 3.42. The Labute approximate surface area is 136 Å². The van der Waals surface area contributed by atoms with Gasteiger partial charge in [-0.2, -0.15) is 0 Å². The number of benzene rings is 1. The van der Waals surface area contributed by atoms with Gasteiger partial charge in [-0.1, -0.05) is 0 Å². The second-order valence-electron chi connectivity index (χ2n) is 6.22. The van der Waals surface area contributed by atoms with E-state index in [0.717, 1.165) is 37.5 Å². The Bertz CT molecular complexity index is 749. The number of fused-ring (bicyclic) bond motifs is 2. The summed E-state index contributed by atoms with van der Waals surface area (Å²) in [6.45, 7) is 5.66. The van der Waals surface area contributed by atoms with Gasteiger partial charge in [0.1, 0.15) is 0 Å². The van der Waals surface area contributed by atoms with E-state index in [2.05, 4.69) is 35.6 Å². The van der Waals surface area contributed by atoms with Crippen LogP contribution in [-0.2, 0) is 40.8 Å². The summed E-state index contributed by atoms with van der Waals surface area (Å²) in [5.74, 6) is -0.192. The number of carbonyl (C=O) groups is 1. The van der Waals surface area contributed by atoms with E-state index in [9.17, 15) is 4.79 Å². The minimum absolute atomic E-state index is 0.192. The smallest absolute Gasteiger partial charge is 0.310 e. The molecule has 5 heteroatoms. The first-order chi connectivity index (χ1) is 11.0. The molecule has 2 heterocycles. The van der Waals surface area contributed by atoms with Gasteiger partial charge in [0.25, 0.3) is 0 Å². The maximum Gasteiger partial charge on any atom is 0.310 e. The summed E-state index contributed by atoms with van der Waals surface area (Å²) < 4.78 is 12.2. The molecule has 1 aromatic heterocycles. The molecule has 23 heavy (non-hydrogen) atoms. The lowest BCUT2D eigenvalue weighted by molar-refractivity contribution is -0.139. The van der Waals surface area contributed by atoms with E-state index in [1.807, 2.05) is 0 Å². The molecular weight excluding hydrogens is 292 g/mol.